The maximum absolute atomic E-state index is 4.37. The zero-order valence-corrected chi connectivity index (χ0v) is 7.77. The molecule has 0 unspecified atom stereocenters. The van der Waals surface area contributed by atoms with E-state index in [1.54, 1.807) is 0 Å². The Morgan fingerprint density at radius 3 is 3.29 bits per heavy atom. The van der Waals surface area contributed by atoms with Gasteiger partial charge in [0.15, 0.2) is 0 Å². The van der Waals surface area contributed by atoms with Crippen LogP contribution in [0.25, 0.3) is 0 Å². The van der Waals surface area contributed by atoms with E-state index in [1.807, 2.05) is 12.3 Å². The third-order valence-electron chi connectivity index (χ3n) is 2.59. The van der Waals surface area contributed by atoms with E-state index < -0.39 is 0 Å². The van der Waals surface area contributed by atoms with Gasteiger partial charge in [-0.1, -0.05) is 0 Å². The number of nitrogens with zero attached hydrogens (tertiary/aromatic N) is 2. The lowest BCUT2D eigenvalue weighted by atomic mass is 10.3. The van der Waals surface area contributed by atoms with E-state index in [1.165, 1.54) is 5.69 Å². The Hall–Kier alpha value is -1.77. The average Bonchev–Trinajstić information content (AvgIpc) is 2.58. The van der Waals surface area contributed by atoms with Crippen molar-refractivity contribution >= 4 is 5.69 Å². The summed E-state index contributed by atoms with van der Waals surface area (Å²) in [5, 5.41) is 3.38. The Kier molecular flexibility index (Phi) is 1.56. The molecule has 3 rings (SSSR count). The highest BCUT2D eigenvalue weighted by Gasteiger charge is 2.10. The first-order valence-corrected chi connectivity index (χ1v) is 4.75. The first-order valence-electron chi connectivity index (χ1n) is 4.75. The van der Waals surface area contributed by atoms with Crippen LogP contribution in [-0.2, 0) is 13.1 Å². The fourth-order valence-corrected chi connectivity index (χ4v) is 1.84. The van der Waals surface area contributed by atoms with E-state index in [4.69, 9.17) is 0 Å². The highest BCUT2D eigenvalue weighted by Crippen LogP contribution is 2.19. The molecule has 1 N–H and O–H groups in total. The minimum absolute atomic E-state index is 0.867. The summed E-state index contributed by atoms with van der Waals surface area (Å²) < 4.78 is 2.23. The molecule has 70 valence electrons. The maximum atomic E-state index is 4.37. The van der Waals surface area contributed by atoms with Gasteiger partial charge in [0.1, 0.15) is 0 Å². The van der Waals surface area contributed by atoms with Crippen LogP contribution in [0.3, 0.4) is 0 Å². The number of pyridine rings is 1. The molecule has 1 aliphatic rings. The predicted molar refractivity (Wildman–Crippen MR) is 55.1 cm³/mol. The topological polar surface area (TPSA) is 29.9 Å². The van der Waals surface area contributed by atoms with Crippen LogP contribution in [0.1, 0.15) is 11.4 Å². The molecule has 3 heteroatoms. The summed E-state index contributed by atoms with van der Waals surface area (Å²) in [6, 6.07) is 8.26. The van der Waals surface area contributed by atoms with Crippen molar-refractivity contribution in [2.75, 3.05) is 5.32 Å². The molecule has 2 aromatic rings. The zero-order valence-electron chi connectivity index (χ0n) is 7.77. The van der Waals surface area contributed by atoms with Crippen LogP contribution < -0.4 is 5.32 Å². The molecule has 0 spiro atoms. The van der Waals surface area contributed by atoms with E-state index in [0.29, 0.717) is 0 Å². The number of hydrogen-bond donors (Lipinski definition) is 1. The fourth-order valence-electron chi connectivity index (χ4n) is 1.84. The largest absolute Gasteiger partial charge is 0.378 e. The number of fused-ring (bicyclic) bond motifs is 2. The molecule has 0 fully saturated rings. The molecule has 0 amide bonds. The van der Waals surface area contributed by atoms with Crippen molar-refractivity contribution < 1.29 is 0 Å². The van der Waals surface area contributed by atoms with Gasteiger partial charge in [0, 0.05) is 18.1 Å². The van der Waals surface area contributed by atoms with Crippen LogP contribution in [0, 0.1) is 0 Å². The average molecular weight is 185 g/mol. The molecular weight excluding hydrogens is 174 g/mol. The van der Waals surface area contributed by atoms with Crippen LogP contribution in [0.5, 0.6) is 0 Å². The Morgan fingerprint density at radius 2 is 2.29 bits per heavy atom. The van der Waals surface area contributed by atoms with Gasteiger partial charge in [-0.15, -0.1) is 0 Å². The summed E-state index contributed by atoms with van der Waals surface area (Å²) in [5.74, 6) is 0. The summed E-state index contributed by atoms with van der Waals surface area (Å²) in [7, 11) is 0. The van der Waals surface area contributed by atoms with Crippen LogP contribution in [0.4, 0.5) is 5.69 Å². The van der Waals surface area contributed by atoms with E-state index in [9.17, 15) is 0 Å². The Labute approximate surface area is 82.4 Å². The van der Waals surface area contributed by atoms with Crippen molar-refractivity contribution in [3.05, 3.63) is 48.0 Å². The molecule has 0 atom stereocenters. The van der Waals surface area contributed by atoms with Crippen LogP contribution in [-0.4, -0.2) is 9.55 Å². The van der Waals surface area contributed by atoms with Crippen molar-refractivity contribution in [1.82, 2.24) is 9.55 Å². The molecule has 0 bridgehead atoms. The third kappa shape index (κ3) is 1.09. The molecule has 2 aromatic heterocycles. The minimum atomic E-state index is 0.867. The van der Waals surface area contributed by atoms with Crippen molar-refractivity contribution in [2.24, 2.45) is 0 Å². The number of hydrogen-bond acceptors (Lipinski definition) is 2. The van der Waals surface area contributed by atoms with E-state index in [-0.39, 0.29) is 0 Å². The van der Waals surface area contributed by atoms with Gasteiger partial charge in [-0.05, 0) is 24.3 Å². The molecule has 14 heavy (non-hydrogen) atoms. The molecular formula is C11H11N3. The molecule has 3 nitrogen and oxygen atoms in total. The summed E-state index contributed by atoms with van der Waals surface area (Å²) in [4.78, 5) is 4.37. The molecule has 0 aromatic carbocycles. The van der Waals surface area contributed by atoms with Gasteiger partial charge in [0.2, 0.25) is 0 Å². The van der Waals surface area contributed by atoms with E-state index >= 15 is 0 Å². The van der Waals surface area contributed by atoms with Crippen molar-refractivity contribution in [1.29, 1.82) is 0 Å². The lowest BCUT2D eigenvalue weighted by Gasteiger charge is -2.04. The van der Waals surface area contributed by atoms with Gasteiger partial charge in [-0.2, -0.15) is 0 Å². The van der Waals surface area contributed by atoms with Crippen molar-refractivity contribution in [3.63, 3.8) is 0 Å². The molecule has 0 aliphatic carbocycles. The molecule has 0 saturated heterocycles. The lowest BCUT2D eigenvalue weighted by Crippen LogP contribution is -2.01. The number of nitrogens with one attached hydrogen (secondary N) is 1. The second kappa shape index (κ2) is 2.87. The second-order valence-electron chi connectivity index (χ2n) is 3.48. The van der Waals surface area contributed by atoms with Gasteiger partial charge in [-0.3, -0.25) is 4.98 Å². The number of aromatic nitrogens is 2. The van der Waals surface area contributed by atoms with Gasteiger partial charge >= 0.3 is 0 Å². The molecule has 0 radical (unpaired) electrons. The van der Waals surface area contributed by atoms with E-state index in [0.717, 1.165) is 24.5 Å². The quantitative estimate of drug-likeness (QED) is 0.679. The summed E-state index contributed by atoms with van der Waals surface area (Å²) in [5.41, 5.74) is 3.57. The fraction of sp³-hybridized carbons (Fsp3) is 0.182. The zero-order chi connectivity index (χ0) is 9.38. The van der Waals surface area contributed by atoms with Crippen LogP contribution in [0.15, 0.2) is 36.7 Å². The lowest BCUT2D eigenvalue weighted by molar-refractivity contribution is 0.755. The Morgan fingerprint density at radius 1 is 1.29 bits per heavy atom. The normalized spacial score (nSPS) is 13.7. The molecule has 0 saturated carbocycles. The second-order valence-corrected chi connectivity index (χ2v) is 3.48. The predicted octanol–water partition coefficient (Wildman–Crippen LogP) is 1.86. The highest BCUT2D eigenvalue weighted by atomic mass is 15.1. The van der Waals surface area contributed by atoms with Crippen LogP contribution in [0.2, 0.25) is 0 Å². The molecule has 1 aliphatic heterocycles. The first-order chi connectivity index (χ1) is 6.93. The highest BCUT2D eigenvalue weighted by molar-refractivity contribution is 5.49. The van der Waals surface area contributed by atoms with Gasteiger partial charge in [0.05, 0.1) is 24.5 Å². The van der Waals surface area contributed by atoms with Gasteiger partial charge in [0.25, 0.3) is 0 Å². The monoisotopic (exact) mass is 185 g/mol. The number of rotatable bonds is 0. The Balaban J connectivity index is 2.10. The summed E-state index contributed by atoms with van der Waals surface area (Å²) in [6.07, 6.45) is 3.94. The maximum Gasteiger partial charge on any atom is 0.0831 e. The summed E-state index contributed by atoms with van der Waals surface area (Å²) >= 11 is 0. The first kappa shape index (κ1) is 7.62. The Bertz CT molecular complexity index is 459. The summed E-state index contributed by atoms with van der Waals surface area (Å²) in [6.45, 7) is 1.75. The van der Waals surface area contributed by atoms with Crippen molar-refractivity contribution in [3.8, 4) is 0 Å². The van der Waals surface area contributed by atoms with Crippen LogP contribution >= 0.6 is 0 Å². The standard InChI is InChI=1S/C11H11N3/c1-4-10-11(12-5-1)8-14-6-2-3-9(14)7-13-10/h1-6,13H,7-8H2. The minimum Gasteiger partial charge on any atom is -0.378 e. The van der Waals surface area contributed by atoms with Gasteiger partial charge in [-0.25, -0.2) is 0 Å². The van der Waals surface area contributed by atoms with Gasteiger partial charge < -0.3 is 9.88 Å². The van der Waals surface area contributed by atoms with Crippen molar-refractivity contribution in [2.45, 2.75) is 13.1 Å². The molecule has 3 heterocycles. The smallest absolute Gasteiger partial charge is 0.0831 e. The number of anilines is 1. The third-order valence-corrected chi connectivity index (χ3v) is 2.59. The SMILES string of the molecule is c1cnc2c(c1)NCc1cccn1C2. The van der Waals surface area contributed by atoms with E-state index in [2.05, 4.69) is 39.3 Å².